The minimum Gasteiger partial charge on any atom is -0.386 e. The fourth-order valence-electron chi connectivity index (χ4n) is 3.83. The highest BCUT2D eigenvalue weighted by molar-refractivity contribution is 5.76. The third-order valence-electron chi connectivity index (χ3n) is 5.61. The van der Waals surface area contributed by atoms with Crippen LogP contribution < -0.4 is 5.32 Å². The first-order valence-electron chi connectivity index (χ1n) is 10.4. The minimum absolute atomic E-state index is 0.159. The van der Waals surface area contributed by atoms with Gasteiger partial charge in [-0.15, -0.1) is 0 Å². The number of aliphatic hydroxyl groups excluding tert-OH is 2. The van der Waals surface area contributed by atoms with Gasteiger partial charge in [-0.2, -0.15) is 0 Å². The molecule has 1 fully saturated rings. The number of aliphatic hydroxyl groups is 2. The highest BCUT2D eigenvalue weighted by Crippen LogP contribution is 2.22. The fraction of sp³-hybridized carbons (Fsp3) is 0.545. The average molecular weight is 435 g/mol. The van der Waals surface area contributed by atoms with Gasteiger partial charge >= 0.3 is 0 Å². The first-order chi connectivity index (χ1) is 14.9. The van der Waals surface area contributed by atoms with Gasteiger partial charge in [-0.1, -0.05) is 29.4 Å². The Morgan fingerprint density at radius 2 is 2.06 bits per heavy atom. The second-order valence-electron chi connectivity index (χ2n) is 8.07. The Hall–Kier alpha value is -2.33. The number of likely N-dealkylation sites (N-methyl/N-ethyl adjacent to an activating group) is 1. The van der Waals surface area contributed by atoms with Crippen molar-refractivity contribution in [2.75, 3.05) is 20.3 Å². The Labute approximate surface area is 181 Å². The number of halogens is 1. The summed E-state index contributed by atoms with van der Waals surface area (Å²) in [5.74, 6) is -0.260. The molecule has 3 N–H and O–H groups in total. The van der Waals surface area contributed by atoms with Gasteiger partial charge in [-0.05, 0) is 32.4 Å². The van der Waals surface area contributed by atoms with Crippen molar-refractivity contribution in [2.45, 2.75) is 56.8 Å². The second-order valence-corrected chi connectivity index (χ2v) is 8.07. The van der Waals surface area contributed by atoms with Gasteiger partial charge in [0.05, 0.1) is 12.1 Å². The quantitative estimate of drug-likeness (QED) is 0.548. The molecule has 1 aromatic heterocycles. The first kappa shape index (κ1) is 23.3. The van der Waals surface area contributed by atoms with E-state index in [4.69, 9.17) is 9.26 Å². The van der Waals surface area contributed by atoms with Crippen LogP contribution in [0.4, 0.5) is 4.39 Å². The van der Waals surface area contributed by atoms with E-state index in [9.17, 15) is 19.4 Å². The van der Waals surface area contributed by atoms with Crippen LogP contribution in [0.3, 0.4) is 0 Å². The molecular weight excluding hydrogens is 405 g/mol. The number of ether oxygens (including phenoxy) is 1. The summed E-state index contributed by atoms with van der Waals surface area (Å²) in [7, 11) is 1.79. The summed E-state index contributed by atoms with van der Waals surface area (Å²) in [6, 6.07) is 8.36. The minimum atomic E-state index is -1.24. The standard InChI is InChI=1S/C22H30FN3O5/c1-14-11-19(21(28)22(29)31-14)26(2)9-7-20(27)24-17(13-23)12-15-3-5-16(6-4-15)18-8-10-30-25-18/h3-6,8,10,14,17,19,21-22,28-29H,7,9,11-13H2,1-2H3,(H,24,27)/t14-,17+,19?,21?,22-/m1/s1. The van der Waals surface area contributed by atoms with Gasteiger partial charge in [0.25, 0.3) is 0 Å². The molecule has 2 heterocycles. The van der Waals surface area contributed by atoms with Crippen molar-refractivity contribution in [1.82, 2.24) is 15.4 Å². The third-order valence-corrected chi connectivity index (χ3v) is 5.61. The van der Waals surface area contributed by atoms with Gasteiger partial charge in [0.2, 0.25) is 5.91 Å². The van der Waals surface area contributed by atoms with Crippen LogP contribution in [0.15, 0.2) is 41.1 Å². The van der Waals surface area contributed by atoms with Crippen LogP contribution >= 0.6 is 0 Å². The number of hydrogen-bond donors (Lipinski definition) is 3. The van der Waals surface area contributed by atoms with Crippen LogP contribution in [-0.4, -0.2) is 77.0 Å². The number of amides is 1. The molecule has 9 heteroatoms. The lowest BCUT2D eigenvalue weighted by molar-refractivity contribution is -0.231. The van der Waals surface area contributed by atoms with Crippen molar-refractivity contribution in [3.8, 4) is 11.3 Å². The Morgan fingerprint density at radius 1 is 1.32 bits per heavy atom. The molecule has 0 saturated carbocycles. The number of carbonyl (C=O) groups excluding carboxylic acids is 1. The molecule has 0 radical (unpaired) electrons. The molecule has 8 nitrogen and oxygen atoms in total. The maximum absolute atomic E-state index is 13.5. The maximum Gasteiger partial charge on any atom is 0.221 e. The van der Waals surface area contributed by atoms with Crippen molar-refractivity contribution in [3.05, 3.63) is 42.2 Å². The van der Waals surface area contributed by atoms with E-state index in [1.54, 1.807) is 13.1 Å². The normalized spacial score (nSPS) is 24.8. The SMILES string of the molecule is C[C@@H]1CC(N(C)CCC(=O)N[C@H](CF)Cc2ccc(-c3ccon3)cc2)C(O)[C@H](O)O1. The van der Waals surface area contributed by atoms with E-state index in [-0.39, 0.29) is 24.5 Å². The zero-order valence-corrected chi connectivity index (χ0v) is 17.8. The first-order valence-corrected chi connectivity index (χ1v) is 10.4. The van der Waals surface area contributed by atoms with Crippen LogP contribution in [0, 0.1) is 0 Å². The van der Waals surface area contributed by atoms with Crippen LogP contribution in [-0.2, 0) is 16.0 Å². The number of hydrogen-bond acceptors (Lipinski definition) is 7. The average Bonchev–Trinajstić information content (AvgIpc) is 3.29. The van der Waals surface area contributed by atoms with Crippen molar-refractivity contribution < 1.29 is 28.7 Å². The molecule has 1 aliphatic heterocycles. The van der Waals surface area contributed by atoms with Crippen molar-refractivity contribution in [1.29, 1.82) is 0 Å². The van der Waals surface area contributed by atoms with E-state index in [2.05, 4.69) is 10.5 Å². The van der Waals surface area contributed by atoms with Crippen molar-refractivity contribution in [3.63, 3.8) is 0 Å². The Bertz CT molecular complexity index is 817. The maximum atomic E-state index is 13.5. The molecule has 0 bridgehead atoms. The number of nitrogens with zero attached hydrogens (tertiary/aromatic N) is 2. The number of carbonyl (C=O) groups is 1. The van der Waals surface area contributed by atoms with Crippen LogP contribution in [0.2, 0.25) is 0 Å². The second kappa shape index (κ2) is 10.8. The molecule has 2 unspecified atom stereocenters. The van der Waals surface area contributed by atoms with E-state index in [0.29, 0.717) is 19.4 Å². The van der Waals surface area contributed by atoms with E-state index >= 15 is 0 Å². The van der Waals surface area contributed by atoms with Gasteiger partial charge < -0.3 is 29.7 Å². The molecule has 1 amide bonds. The molecule has 5 atom stereocenters. The number of alkyl halides is 1. The highest BCUT2D eigenvalue weighted by Gasteiger charge is 2.37. The van der Waals surface area contributed by atoms with E-state index in [0.717, 1.165) is 16.8 Å². The fourth-order valence-corrected chi connectivity index (χ4v) is 3.83. The monoisotopic (exact) mass is 435 g/mol. The van der Waals surface area contributed by atoms with Crippen molar-refractivity contribution >= 4 is 5.91 Å². The van der Waals surface area contributed by atoms with E-state index in [1.165, 1.54) is 6.26 Å². The summed E-state index contributed by atoms with van der Waals surface area (Å²) in [6.45, 7) is 1.53. The number of rotatable bonds is 9. The smallest absolute Gasteiger partial charge is 0.221 e. The summed E-state index contributed by atoms with van der Waals surface area (Å²) in [4.78, 5) is 14.2. The Kier molecular flexibility index (Phi) is 8.14. The lowest BCUT2D eigenvalue weighted by Crippen LogP contribution is -2.54. The zero-order chi connectivity index (χ0) is 22.4. The van der Waals surface area contributed by atoms with Crippen LogP contribution in [0.5, 0.6) is 0 Å². The summed E-state index contributed by atoms with van der Waals surface area (Å²) >= 11 is 0. The lowest BCUT2D eigenvalue weighted by Gasteiger charge is -2.40. The van der Waals surface area contributed by atoms with E-state index < -0.39 is 25.1 Å². The topological polar surface area (TPSA) is 108 Å². The number of nitrogens with one attached hydrogen (secondary N) is 1. The molecule has 3 rings (SSSR count). The van der Waals surface area contributed by atoms with Crippen molar-refractivity contribution in [2.24, 2.45) is 0 Å². The molecule has 1 aromatic carbocycles. The summed E-state index contributed by atoms with van der Waals surface area (Å²) < 4.78 is 23.6. The highest BCUT2D eigenvalue weighted by atomic mass is 19.1. The van der Waals surface area contributed by atoms with Gasteiger partial charge in [-0.25, -0.2) is 4.39 Å². The molecule has 1 saturated heterocycles. The summed E-state index contributed by atoms with van der Waals surface area (Å²) in [5, 5.41) is 26.5. The van der Waals surface area contributed by atoms with Gasteiger partial charge in [-0.3, -0.25) is 4.79 Å². The molecular formula is C22H30FN3O5. The largest absolute Gasteiger partial charge is 0.386 e. The van der Waals surface area contributed by atoms with Gasteiger partial charge in [0.15, 0.2) is 6.29 Å². The number of benzene rings is 1. The van der Waals surface area contributed by atoms with Crippen LogP contribution in [0.1, 0.15) is 25.3 Å². The lowest BCUT2D eigenvalue weighted by atomic mass is 9.99. The zero-order valence-electron chi connectivity index (χ0n) is 17.8. The third kappa shape index (κ3) is 6.33. The summed E-state index contributed by atoms with van der Waals surface area (Å²) in [5.41, 5.74) is 2.53. The molecule has 170 valence electrons. The molecule has 0 aliphatic carbocycles. The predicted octanol–water partition coefficient (Wildman–Crippen LogP) is 1.52. The number of aromatic nitrogens is 1. The Morgan fingerprint density at radius 3 is 2.71 bits per heavy atom. The van der Waals surface area contributed by atoms with Gasteiger partial charge in [0, 0.05) is 30.6 Å². The molecule has 0 spiro atoms. The molecule has 1 aliphatic rings. The molecule has 31 heavy (non-hydrogen) atoms. The Balaban J connectivity index is 1.47. The van der Waals surface area contributed by atoms with Crippen LogP contribution in [0.25, 0.3) is 11.3 Å². The molecule has 2 aromatic rings. The van der Waals surface area contributed by atoms with Gasteiger partial charge in [0.1, 0.15) is 24.7 Å². The summed E-state index contributed by atoms with van der Waals surface area (Å²) in [6.07, 6.45) is 0.117. The van der Waals surface area contributed by atoms with E-state index in [1.807, 2.05) is 36.1 Å². The predicted molar refractivity (Wildman–Crippen MR) is 112 cm³/mol.